The van der Waals surface area contributed by atoms with E-state index < -0.39 is 0 Å². The standard InChI is InChI=1S/C26H40O2.C3H8.2C2H6/c1-8-21-22-11-9-10-12-23(22)24(15-13-19(4)27-6)25(16-14-20(5)28-7)26(21)17-18(2)3;1-3-2;2*1-2/h10,12,17,19-20H,8-9,11,13-16H2,1-7H3;3H2,1-2H3;2*1-2H3. The molecule has 0 spiro atoms. The summed E-state index contributed by atoms with van der Waals surface area (Å²) in [4.78, 5) is 0. The van der Waals surface area contributed by atoms with Crippen molar-refractivity contribution in [2.45, 2.75) is 140 Å². The smallest absolute Gasteiger partial charge is 0.0546 e. The van der Waals surface area contributed by atoms with Gasteiger partial charge in [0.25, 0.3) is 0 Å². The zero-order valence-electron chi connectivity index (χ0n) is 25.9. The normalized spacial score (nSPS) is 13.1. The summed E-state index contributed by atoms with van der Waals surface area (Å²) < 4.78 is 11.1. The third-order valence-corrected chi connectivity index (χ3v) is 6.07. The van der Waals surface area contributed by atoms with Crippen LogP contribution in [0.5, 0.6) is 0 Å². The molecular formula is C33H60O2. The Morgan fingerprint density at radius 1 is 0.857 bits per heavy atom. The largest absolute Gasteiger partial charge is 0.382 e. The van der Waals surface area contributed by atoms with Crippen LogP contribution in [0.4, 0.5) is 0 Å². The van der Waals surface area contributed by atoms with E-state index >= 15 is 0 Å². The maximum Gasteiger partial charge on any atom is 0.0546 e. The summed E-state index contributed by atoms with van der Waals surface area (Å²) >= 11 is 0. The van der Waals surface area contributed by atoms with E-state index in [4.69, 9.17) is 9.47 Å². The lowest BCUT2D eigenvalue weighted by Gasteiger charge is -2.27. The maximum atomic E-state index is 5.57. The van der Waals surface area contributed by atoms with Crippen molar-refractivity contribution in [3.05, 3.63) is 45.0 Å². The van der Waals surface area contributed by atoms with Crippen LogP contribution in [0.2, 0.25) is 0 Å². The van der Waals surface area contributed by atoms with Crippen LogP contribution in [0.15, 0.2) is 11.6 Å². The molecule has 1 aliphatic rings. The van der Waals surface area contributed by atoms with Crippen molar-refractivity contribution < 1.29 is 9.47 Å². The molecule has 0 saturated heterocycles. The first-order chi connectivity index (χ1) is 16.8. The van der Waals surface area contributed by atoms with Crippen molar-refractivity contribution in [3.63, 3.8) is 0 Å². The minimum absolute atomic E-state index is 0.280. The molecule has 1 aliphatic carbocycles. The molecule has 2 rings (SSSR count). The summed E-state index contributed by atoms with van der Waals surface area (Å²) in [5.74, 6) is 0. The Morgan fingerprint density at radius 3 is 1.77 bits per heavy atom. The molecule has 2 unspecified atom stereocenters. The van der Waals surface area contributed by atoms with Crippen molar-refractivity contribution in [1.82, 2.24) is 0 Å². The van der Waals surface area contributed by atoms with Gasteiger partial charge in [-0.2, -0.15) is 0 Å². The fraction of sp³-hybridized carbons (Fsp3) is 0.697. The van der Waals surface area contributed by atoms with Gasteiger partial charge in [-0.15, -0.1) is 0 Å². The Morgan fingerprint density at radius 2 is 1.34 bits per heavy atom. The first-order valence-electron chi connectivity index (χ1n) is 14.4. The molecule has 0 heterocycles. The van der Waals surface area contributed by atoms with Gasteiger partial charge in [-0.05, 0) is 106 Å². The van der Waals surface area contributed by atoms with E-state index in [1.54, 1.807) is 16.7 Å². The van der Waals surface area contributed by atoms with Crippen LogP contribution in [0.1, 0.15) is 135 Å². The van der Waals surface area contributed by atoms with Crippen LogP contribution in [0.3, 0.4) is 0 Å². The molecule has 204 valence electrons. The Hall–Kier alpha value is -1.38. The average molecular weight is 489 g/mol. The lowest BCUT2D eigenvalue weighted by atomic mass is 9.78. The molecule has 0 aromatic heterocycles. The molecule has 0 N–H and O–H groups in total. The molecule has 1 aromatic rings. The van der Waals surface area contributed by atoms with Crippen LogP contribution in [0, 0.1) is 0 Å². The van der Waals surface area contributed by atoms with E-state index in [1.165, 1.54) is 35.1 Å². The highest BCUT2D eigenvalue weighted by Crippen LogP contribution is 2.36. The van der Waals surface area contributed by atoms with Gasteiger partial charge in [0.1, 0.15) is 0 Å². The van der Waals surface area contributed by atoms with Gasteiger partial charge in [-0.3, -0.25) is 0 Å². The SMILES string of the molecule is CC.CC.CCC.CCc1c(C=C(C)C)c(CCC(C)OC)c(CCC(C)OC)c2c1CCC=C2. The summed E-state index contributed by atoms with van der Waals surface area (Å²) in [5, 5.41) is 0. The first-order valence-corrected chi connectivity index (χ1v) is 14.4. The summed E-state index contributed by atoms with van der Waals surface area (Å²) in [7, 11) is 3.63. The van der Waals surface area contributed by atoms with E-state index in [1.807, 2.05) is 41.9 Å². The number of rotatable bonds is 10. The number of methoxy groups -OCH3 is 2. The second-order valence-corrected chi connectivity index (χ2v) is 9.13. The summed E-state index contributed by atoms with van der Waals surface area (Å²) in [6.45, 7) is 23.3. The molecule has 2 heteroatoms. The highest BCUT2D eigenvalue weighted by Gasteiger charge is 2.22. The summed E-state index contributed by atoms with van der Waals surface area (Å²) in [6, 6.07) is 0. The van der Waals surface area contributed by atoms with E-state index in [0.717, 1.165) is 38.5 Å². The third kappa shape index (κ3) is 12.4. The second kappa shape index (κ2) is 21.9. The highest BCUT2D eigenvalue weighted by atomic mass is 16.5. The van der Waals surface area contributed by atoms with Crippen LogP contribution >= 0.6 is 0 Å². The minimum atomic E-state index is 0.280. The third-order valence-electron chi connectivity index (χ3n) is 6.07. The number of hydrogen-bond donors (Lipinski definition) is 0. The Bertz CT molecular complexity index is 723. The summed E-state index contributed by atoms with van der Waals surface area (Å²) in [6.07, 6.45) is 16.7. The van der Waals surface area contributed by atoms with Gasteiger partial charge < -0.3 is 9.47 Å². The molecule has 0 amide bonds. The van der Waals surface area contributed by atoms with Crippen molar-refractivity contribution in [2.75, 3.05) is 14.2 Å². The van der Waals surface area contributed by atoms with Crippen molar-refractivity contribution >= 4 is 12.2 Å². The Labute approximate surface area is 220 Å². The van der Waals surface area contributed by atoms with Gasteiger partial charge in [0.15, 0.2) is 0 Å². The molecule has 0 bridgehead atoms. The van der Waals surface area contributed by atoms with Gasteiger partial charge in [0.2, 0.25) is 0 Å². The number of fused-ring (bicyclic) bond motifs is 1. The molecule has 0 fully saturated rings. The number of hydrogen-bond acceptors (Lipinski definition) is 2. The van der Waals surface area contributed by atoms with E-state index in [2.05, 4.69) is 66.7 Å². The predicted molar refractivity (Wildman–Crippen MR) is 161 cm³/mol. The maximum absolute atomic E-state index is 5.57. The fourth-order valence-electron chi connectivity index (χ4n) is 4.30. The van der Waals surface area contributed by atoms with Crippen LogP contribution in [-0.2, 0) is 35.2 Å². The summed E-state index contributed by atoms with van der Waals surface area (Å²) in [5.41, 5.74) is 10.6. The molecular weight excluding hydrogens is 428 g/mol. The van der Waals surface area contributed by atoms with Gasteiger partial charge >= 0.3 is 0 Å². The quantitative estimate of drug-likeness (QED) is 0.326. The van der Waals surface area contributed by atoms with Gasteiger partial charge in [0, 0.05) is 14.2 Å². The Balaban J connectivity index is 0. The molecule has 0 saturated carbocycles. The Kier molecular flexibility index (Phi) is 22.4. The highest BCUT2D eigenvalue weighted by molar-refractivity contribution is 5.73. The molecule has 0 radical (unpaired) electrons. The molecule has 2 atom stereocenters. The number of allylic oxidation sites excluding steroid dienone is 2. The topological polar surface area (TPSA) is 18.5 Å². The van der Waals surface area contributed by atoms with Crippen molar-refractivity contribution in [2.24, 2.45) is 0 Å². The second-order valence-electron chi connectivity index (χ2n) is 9.13. The lowest BCUT2D eigenvalue weighted by molar-refractivity contribution is 0.110. The lowest BCUT2D eigenvalue weighted by Crippen LogP contribution is -2.15. The first kappa shape index (κ1) is 35.8. The van der Waals surface area contributed by atoms with Gasteiger partial charge in [-0.25, -0.2) is 0 Å². The monoisotopic (exact) mass is 488 g/mol. The van der Waals surface area contributed by atoms with Crippen LogP contribution < -0.4 is 0 Å². The molecule has 35 heavy (non-hydrogen) atoms. The fourth-order valence-corrected chi connectivity index (χ4v) is 4.30. The number of benzene rings is 1. The average Bonchev–Trinajstić information content (AvgIpc) is 2.88. The van der Waals surface area contributed by atoms with Crippen LogP contribution in [-0.4, -0.2) is 26.4 Å². The van der Waals surface area contributed by atoms with Crippen LogP contribution in [0.25, 0.3) is 12.2 Å². The van der Waals surface area contributed by atoms with Crippen molar-refractivity contribution in [1.29, 1.82) is 0 Å². The van der Waals surface area contributed by atoms with E-state index in [9.17, 15) is 0 Å². The minimum Gasteiger partial charge on any atom is -0.382 e. The predicted octanol–water partition coefficient (Wildman–Crippen LogP) is 10.0. The molecule has 2 nitrogen and oxygen atoms in total. The van der Waals surface area contributed by atoms with Gasteiger partial charge in [0.05, 0.1) is 12.2 Å². The van der Waals surface area contributed by atoms with E-state index in [-0.39, 0.29) is 12.2 Å². The number of ether oxygens (including phenoxy) is 2. The zero-order valence-corrected chi connectivity index (χ0v) is 25.9. The zero-order chi connectivity index (χ0) is 27.4. The van der Waals surface area contributed by atoms with Crippen molar-refractivity contribution in [3.8, 4) is 0 Å². The van der Waals surface area contributed by atoms with Gasteiger partial charge in [-0.1, -0.05) is 78.7 Å². The molecule has 0 aliphatic heterocycles. The van der Waals surface area contributed by atoms with E-state index in [0.29, 0.717) is 0 Å². The molecule has 1 aromatic carbocycles.